The molecule has 0 radical (unpaired) electrons. The minimum atomic E-state index is -4.21. The number of hydrogen-bond acceptors (Lipinski definition) is 11. The molecule has 0 atom stereocenters. The molecule has 1 aliphatic heterocycles. The molecule has 2 N–H and O–H groups in total. The van der Waals surface area contributed by atoms with Gasteiger partial charge in [-0.25, -0.2) is 39.8 Å². The molecule has 2 aromatic heterocycles. The highest BCUT2D eigenvalue weighted by atomic mass is 32.2. The van der Waals surface area contributed by atoms with E-state index in [-0.39, 0.29) is 27.1 Å². The number of halogens is 2. The second-order valence-electron chi connectivity index (χ2n) is 14.1. The molecule has 0 spiro atoms. The van der Waals surface area contributed by atoms with Crippen molar-refractivity contribution in [2.24, 2.45) is 0 Å². The van der Waals surface area contributed by atoms with E-state index in [1.807, 2.05) is 42.5 Å². The van der Waals surface area contributed by atoms with Gasteiger partial charge < -0.3 is 9.47 Å². The zero-order valence-corrected chi connectivity index (χ0v) is 35.2. The van der Waals surface area contributed by atoms with Gasteiger partial charge in [-0.2, -0.15) is 10.2 Å². The minimum Gasteiger partial charge on any atom is -0.488 e. The molecule has 0 aliphatic carbocycles. The molecule has 62 heavy (non-hydrogen) atoms. The Morgan fingerprint density at radius 3 is 1.87 bits per heavy atom. The first kappa shape index (κ1) is 42.2. The highest BCUT2D eigenvalue weighted by molar-refractivity contribution is 7.99. The fourth-order valence-electron chi connectivity index (χ4n) is 6.51. The van der Waals surface area contributed by atoms with Crippen molar-refractivity contribution in [3.05, 3.63) is 168 Å². The third kappa shape index (κ3) is 9.81. The molecule has 14 nitrogen and oxygen atoms in total. The number of ether oxygens (including phenoxy) is 2. The van der Waals surface area contributed by atoms with Gasteiger partial charge in [0.05, 0.1) is 60.2 Å². The van der Waals surface area contributed by atoms with Crippen molar-refractivity contribution in [1.82, 2.24) is 24.5 Å². The fraction of sp³-hybridized carbons (Fsp3) is 0.140. The lowest BCUT2D eigenvalue weighted by molar-refractivity contribution is 0.0144. The van der Waals surface area contributed by atoms with Crippen LogP contribution in [0.3, 0.4) is 0 Å². The summed E-state index contributed by atoms with van der Waals surface area (Å²) in [6.45, 7) is 1.62. The molecule has 3 heterocycles. The molecule has 1 saturated heterocycles. The number of methoxy groups -OCH3 is 1. The molecule has 7 aromatic rings. The predicted molar refractivity (Wildman–Crippen MR) is 229 cm³/mol. The molecule has 5 aromatic carbocycles. The average molecular weight is 898 g/mol. The summed E-state index contributed by atoms with van der Waals surface area (Å²) in [4.78, 5) is 15.5. The van der Waals surface area contributed by atoms with Crippen LogP contribution >= 0.6 is 11.8 Å². The van der Waals surface area contributed by atoms with E-state index in [9.17, 15) is 30.4 Å². The number of esters is 1. The van der Waals surface area contributed by atoms with Crippen molar-refractivity contribution in [3.63, 3.8) is 0 Å². The Hall–Kier alpha value is -6.54. The van der Waals surface area contributed by atoms with Crippen LogP contribution in [0.25, 0.3) is 11.4 Å². The molecule has 19 heteroatoms. The smallest absolute Gasteiger partial charge is 0.340 e. The van der Waals surface area contributed by atoms with Crippen molar-refractivity contribution >= 4 is 49.2 Å². The average Bonchev–Trinajstić information content (AvgIpc) is 3.97. The van der Waals surface area contributed by atoms with Gasteiger partial charge in [0, 0.05) is 30.3 Å². The van der Waals surface area contributed by atoms with Gasteiger partial charge in [-0.15, -0.1) is 11.8 Å². The third-order valence-corrected chi connectivity index (χ3v) is 13.5. The molecule has 8 rings (SSSR count). The van der Waals surface area contributed by atoms with Crippen LogP contribution < -0.4 is 14.2 Å². The Balaban J connectivity index is 0.924. The molecular formula is C43H37F2N7O7S3. The number of thioether (sulfide) groups is 1. The fourth-order valence-corrected chi connectivity index (χ4v) is 9.62. The zero-order valence-electron chi connectivity index (χ0n) is 32.8. The van der Waals surface area contributed by atoms with Crippen LogP contribution in [0.15, 0.2) is 155 Å². The molecule has 1 aliphatic rings. The van der Waals surface area contributed by atoms with E-state index in [0.717, 1.165) is 22.2 Å². The van der Waals surface area contributed by atoms with E-state index < -0.39 is 37.7 Å². The summed E-state index contributed by atoms with van der Waals surface area (Å²) in [5.41, 5.74) is 3.28. The molecule has 0 bridgehead atoms. The van der Waals surface area contributed by atoms with E-state index in [4.69, 9.17) is 9.47 Å². The maximum atomic E-state index is 13.6. The third-order valence-electron chi connectivity index (χ3n) is 9.72. The number of nitrogens with zero attached hydrogens (tertiary/aromatic N) is 5. The Morgan fingerprint density at radius 1 is 0.726 bits per heavy atom. The van der Waals surface area contributed by atoms with Gasteiger partial charge in [0.15, 0.2) is 0 Å². The van der Waals surface area contributed by atoms with Crippen LogP contribution in [0.5, 0.6) is 5.75 Å². The van der Waals surface area contributed by atoms with Crippen LogP contribution in [-0.2, 0) is 37.1 Å². The first-order valence-corrected chi connectivity index (χ1v) is 22.8. The van der Waals surface area contributed by atoms with Gasteiger partial charge in [-0.1, -0.05) is 36.4 Å². The topological polar surface area (TPSA) is 167 Å². The molecule has 0 unspecified atom stereocenters. The van der Waals surface area contributed by atoms with Crippen LogP contribution in [0.1, 0.15) is 21.5 Å². The summed E-state index contributed by atoms with van der Waals surface area (Å²) < 4.78 is 99.6. The first-order chi connectivity index (χ1) is 29.8. The quantitative estimate of drug-likeness (QED) is 0.0740. The Bertz CT molecular complexity index is 2940. The monoisotopic (exact) mass is 897 g/mol. The van der Waals surface area contributed by atoms with Gasteiger partial charge in [0.25, 0.3) is 20.0 Å². The molecule has 0 saturated carbocycles. The Labute approximate surface area is 360 Å². The summed E-state index contributed by atoms with van der Waals surface area (Å²) >= 11 is 1.50. The number of anilines is 2. The van der Waals surface area contributed by atoms with Gasteiger partial charge >= 0.3 is 5.97 Å². The summed E-state index contributed by atoms with van der Waals surface area (Å²) in [6.07, 6.45) is 4.77. The summed E-state index contributed by atoms with van der Waals surface area (Å²) in [7, 11) is -7.07. The van der Waals surface area contributed by atoms with Crippen LogP contribution in [0, 0.1) is 11.6 Å². The molecule has 1 fully saturated rings. The summed E-state index contributed by atoms with van der Waals surface area (Å²) in [5.74, 6) is -0.714. The molecular weight excluding hydrogens is 861 g/mol. The van der Waals surface area contributed by atoms with E-state index >= 15 is 0 Å². The number of likely N-dealkylation sites (tertiary alicyclic amines) is 1. The van der Waals surface area contributed by atoms with Gasteiger partial charge in [0.2, 0.25) is 0 Å². The summed E-state index contributed by atoms with van der Waals surface area (Å²) in [6, 6.07) is 30.7. The second kappa shape index (κ2) is 17.8. The maximum Gasteiger partial charge on any atom is 0.340 e. The van der Waals surface area contributed by atoms with Crippen molar-refractivity contribution in [2.45, 2.75) is 33.1 Å². The van der Waals surface area contributed by atoms with Crippen molar-refractivity contribution in [3.8, 4) is 17.1 Å². The van der Waals surface area contributed by atoms with Crippen LogP contribution in [-0.4, -0.2) is 73.6 Å². The number of aromatic nitrogens is 4. The SMILES string of the molecule is COC(=O)c1cc(OC2CN(Cc3ccc(NS(=O)(=O)c4cnn(-c5ccc(F)cc5)c4)c(SCc4ccccc4)c3)C2)ccc1NS(=O)(=O)c1cnn(-c2ccc(F)cc2)c1. The van der Waals surface area contributed by atoms with Gasteiger partial charge in [-0.05, 0) is 90.0 Å². The first-order valence-electron chi connectivity index (χ1n) is 18.9. The van der Waals surface area contributed by atoms with E-state index in [1.54, 1.807) is 12.1 Å². The van der Waals surface area contributed by atoms with Crippen LogP contribution in [0.2, 0.25) is 0 Å². The molecule has 318 valence electrons. The van der Waals surface area contributed by atoms with E-state index in [2.05, 4.69) is 24.5 Å². The Kier molecular flexibility index (Phi) is 12.1. The second-order valence-corrected chi connectivity index (χ2v) is 18.5. The van der Waals surface area contributed by atoms with Crippen molar-refractivity contribution in [1.29, 1.82) is 0 Å². The van der Waals surface area contributed by atoms with E-state index in [1.165, 1.54) is 107 Å². The zero-order chi connectivity index (χ0) is 43.4. The van der Waals surface area contributed by atoms with E-state index in [0.29, 0.717) is 48.2 Å². The highest BCUT2D eigenvalue weighted by Gasteiger charge is 2.30. The largest absolute Gasteiger partial charge is 0.488 e. The number of hydrogen-bond donors (Lipinski definition) is 2. The lowest BCUT2D eigenvalue weighted by Crippen LogP contribution is -2.53. The number of benzene rings is 5. The number of sulfonamides is 2. The van der Waals surface area contributed by atoms with Crippen molar-refractivity contribution < 1.29 is 39.9 Å². The lowest BCUT2D eigenvalue weighted by atomic mass is 10.1. The Morgan fingerprint density at radius 2 is 1.29 bits per heavy atom. The minimum absolute atomic E-state index is 0.0271. The maximum absolute atomic E-state index is 13.6. The number of carbonyl (C=O) groups is 1. The highest BCUT2D eigenvalue weighted by Crippen LogP contribution is 2.34. The molecule has 0 amide bonds. The number of rotatable bonds is 16. The number of carbonyl (C=O) groups excluding carboxylic acids is 1. The standard InChI is InChI=1S/C43H37F2N7O7S3/c1-58-43(53)39-20-35(16-18-40(39)48-61(54,55)37-21-46-51(26-37)33-12-8-31(44)9-13-33)59-36-24-50(25-36)23-30-7-17-41(42(19-30)60-28-29-5-3-2-4-6-29)49-62(56,57)38-22-47-52(27-38)34-14-10-32(45)11-15-34/h2-22,26-27,36,48-49H,23-25,28H2,1H3. The van der Waals surface area contributed by atoms with Gasteiger partial charge in [-0.3, -0.25) is 14.3 Å². The summed E-state index contributed by atoms with van der Waals surface area (Å²) in [5, 5.41) is 8.25. The van der Waals surface area contributed by atoms with Gasteiger partial charge in [0.1, 0.15) is 33.3 Å². The lowest BCUT2D eigenvalue weighted by Gasteiger charge is -2.39. The normalized spacial score (nSPS) is 13.3. The van der Waals surface area contributed by atoms with Crippen LogP contribution in [0.4, 0.5) is 20.2 Å². The number of nitrogens with one attached hydrogen (secondary N) is 2. The predicted octanol–water partition coefficient (Wildman–Crippen LogP) is 7.28. The van der Waals surface area contributed by atoms with Crippen molar-refractivity contribution in [2.75, 3.05) is 29.6 Å².